The average Bonchev–Trinajstić information content (AvgIpc) is 3.13. The Bertz CT molecular complexity index is 1320. The Morgan fingerprint density at radius 1 is 1.19 bits per heavy atom. The van der Waals surface area contributed by atoms with Gasteiger partial charge >= 0.3 is 5.97 Å². The van der Waals surface area contributed by atoms with Gasteiger partial charge in [0.05, 0.1) is 29.1 Å². The molecule has 0 radical (unpaired) electrons. The molecule has 0 spiro atoms. The van der Waals surface area contributed by atoms with Crippen molar-refractivity contribution in [3.8, 4) is 5.75 Å². The Balaban J connectivity index is 1.83. The number of carbonyl (C=O) groups is 1. The number of esters is 1. The van der Waals surface area contributed by atoms with Crippen molar-refractivity contribution in [2.75, 3.05) is 37.7 Å². The maximum atomic E-state index is 12.5. The highest BCUT2D eigenvalue weighted by Crippen LogP contribution is 2.23. The van der Waals surface area contributed by atoms with E-state index in [-0.39, 0.29) is 31.3 Å². The lowest BCUT2D eigenvalue weighted by molar-refractivity contribution is -0.143. The van der Waals surface area contributed by atoms with Gasteiger partial charge in [0.25, 0.3) is 0 Å². The van der Waals surface area contributed by atoms with Crippen LogP contribution in [0.5, 0.6) is 5.75 Å². The van der Waals surface area contributed by atoms with Crippen molar-refractivity contribution in [3.63, 3.8) is 0 Å². The van der Waals surface area contributed by atoms with Gasteiger partial charge in [0.1, 0.15) is 30.6 Å². The highest BCUT2D eigenvalue weighted by atomic mass is 32.2. The molecule has 3 rings (SSSR count). The molecule has 0 saturated heterocycles. The number of nitrogens with two attached hydrogens (primary N) is 1. The fraction of sp³-hybridized carbons (Fsp3) is 0.375. The third-order valence-electron chi connectivity index (χ3n) is 5.24. The van der Waals surface area contributed by atoms with Crippen molar-refractivity contribution in [1.82, 2.24) is 14.5 Å². The minimum atomic E-state index is -3.52. The minimum absolute atomic E-state index is 0.00201. The molecule has 3 aromatic rings. The molecule has 36 heavy (non-hydrogen) atoms. The molecule has 2 aromatic carbocycles. The quantitative estimate of drug-likeness (QED) is 0.177. The summed E-state index contributed by atoms with van der Waals surface area (Å²) in [7, 11) is 0.265. The molecule has 0 fully saturated rings. The molecule has 194 valence electrons. The lowest BCUT2D eigenvalue weighted by Gasteiger charge is -2.11. The van der Waals surface area contributed by atoms with Crippen LogP contribution in [-0.2, 0) is 32.7 Å². The van der Waals surface area contributed by atoms with Crippen LogP contribution in [0, 0.1) is 5.41 Å². The van der Waals surface area contributed by atoms with Gasteiger partial charge in [-0.3, -0.25) is 14.9 Å². The second-order valence-electron chi connectivity index (χ2n) is 8.43. The zero-order valence-corrected chi connectivity index (χ0v) is 21.5. The highest BCUT2D eigenvalue weighted by Gasteiger charge is 2.17. The standard InChI is InChI=1S/C24H32N6O5S/c1-4-34-23(31)15-30-21-11-8-18(28-36(32,33)13-5-12-29(2)3)14-20(21)27-22(30)16-35-19-9-6-17(7-10-19)24(25)26/h6-11,14,28H,4-5,12-13,15-16H2,1-3H3,(H3,25,26). The molecule has 0 atom stereocenters. The number of nitrogens with zero attached hydrogens (tertiary/aromatic N) is 3. The summed E-state index contributed by atoms with van der Waals surface area (Å²) >= 11 is 0. The number of ether oxygens (including phenoxy) is 2. The zero-order chi connectivity index (χ0) is 26.3. The normalized spacial score (nSPS) is 11.6. The first-order valence-corrected chi connectivity index (χ1v) is 13.1. The molecule has 0 aliphatic heterocycles. The smallest absolute Gasteiger partial charge is 0.326 e. The molecule has 1 heterocycles. The van der Waals surface area contributed by atoms with Gasteiger partial charge in [0.2, 0.25) is 10.0 Å². The van der Waals surface area contributed by atoms with E-state index >= 15 is 0 Å². The largest absolute Gasteiger partial charge is 0.486 e. The van der Waals surface area contributed by atoms with Gasteiger partial charge < -0.3 is 24.7 Å². The van der Waals surface area contributed by atoms with E-state index in [1.165, 1.54) is 0 Å². The fourth-order valence-corrected chi connectivity index (χ4v) is 4.64. The van der Waals surface area contributed by atoms with Crippen LogP contribution in [0.15, 0.2) is 42.5 Å². The molecular formula is C24H32N6O5S. The van der Waals surface area contributed by atoms with Crippen LogP contribution in [0.3, 0.4) is 0 Å². The molecule has 11 nitrogen and oxygen atoms in total. The summed E-state index contributed by atoms with van der Waals surface area (Å²) in [5, 5.41) is 7.49. The van der Waals surface area contributed by atoms with Crippen LogP contribution in [0.4, 0.5) is 5.69 Å². The summed E-state index contributed by atoms with van der Waals surface area (Å²) in [5.41, 5.74) is 7.61. The highest BCUT2D eigenvalue weighted by molar-refractivity contribution is 7.92. The van der Waals surface area contributed by atoms with Gasteiger partial charge in [-0.15, -0.1) is 0 Å². The number of hydrogen-bond acceptors (Lipinski definition) is 8. The van der Waals surface area contributed by atoms with E-state index in [1.54, 1.807) is 54.0 Å². The molecule has 4 N–H and O–H groups in total. The SMILES string of the molecule is CCOC(=O)Cn1c(COc2ccc(C(=N)N)cc2)nc2cc(NS(=O)(=O)CCCN(C)C)ccc21. The van der Waals surface area contributed by atoms with Crippen molar-refractivity contribution >= 4 is 38.5 Å². The first-order chi connectivity index (χ1) is 17.1. The predicted molar refractivity (Wildman–Crippen MR) is 139 cm³/mol. The number of sulfonamides is 1. The monoisotopic (exact) mass is 516 g/mol. The number of rotatable bonds is 13. The van der Waals surface area contributed by atoms with E-state index in [4.69, 9.17) is 20.6 Å². The average molecular weight is 517 g/mol. The van der Waals surface area contributed by atoms with E-state index in [2.05, 4.69) is 9.71 Å². The van der Waals surface area contributed by atoms with Crippen LogP contribution in [0.25, 0.3) is 11.0 Å². The van der Waals surface area contributed by atoms with Gasteiger partial charge in [-0.05, 0) is 76.4 Å². The zero-order valence-electron chi connectivity index (χ0n) is 20.7. The van der Waals surface area contributed by atoms with Gasteiger partial charge in [-0.1, -0.05) is 0 Å². The van der Waals surface area contributed by atoms with E-state index in [0.717, 1.165) is 0 Å². The first kappa shape index (κ1) is 27.0. The maximum Gasteiger partial charge on any atom is 0.326 e. The summed E-state index contributed by atoms with van der Waals surface area (Å²) in [6.45, 7) is 2.63. The number of carbonyl (C=O) groups excluding carboxylic acids is 1. The summed E-state index contributed by atoms with van der Waals surface area (Å²) in [6, 6.07) is 11.7. The van der Waals surface area contributed by atoms with Crippen LogP contribution in [-0.4, -0.2) is 67.7 Å². The van der Waals surface area contributed by atoms with E-state index in [0.29, 0.717) is 46.8 Å². The number of nitrogen functional groups attached to an aromatic ring is 1. The maximum absolute atomic E-state index is 12.5. The van der Waals surface area contributed by atoms with Crippen molar-refractivity contribution < 1.29 is 22.7 Å². The second kappa shape index (κ2) is 11.9. The molecule has 0 amide bonds. The predicted octanol–water partition coefficient (Wildman–Crippen LogP) is 2.16. The molecule has 0 aliphatic carbocycles. The topological polar surface area (TPSA) is 153 Å². The van der Waals surface area contributed by atoms with Crippen LogP contribution >= 0.6 is 0 Å². The molecule has 0 unspecified atom stereocenters. The van der Waals surface area contributed by atoms with E-state index in [9.17, 15) is 13.2 Å². The number of benzene rings is 2. The van der Waals surface area contributed by atoms with Gasteiger partial charge in [0.15, 0.2) is 0 Å². The number of amidine groups is 1. The van der Waals surface area contributed by atoms with E-state index < -0.39 is 16.0 Å². The summed E-state index contributed by atoms with van der Waals surface area (Å²) in [6.07, 6.45) is 0.508. The molecule has 0 bridgehead atoms. The fourth-order valence-electron chi connectivity index (χ4n) is 3.55. The second-order valence-corrected chi connectivity index (χ2v) is 10.3. The van der Waals surface area contributed by atoms with Crippen molar-refractivity contribution in [2.24, 2.45) is 5.73 Å². The number of hydrogen-bond donors (Lipinski definition) is 3. The lowest BCUT2D eigenvalue weighted by atomic mass is 10.2. The molecule has 0 aliphatic rings. The minimum Gasteiger partial charge on any atom is -0.486 e. The molecule has 1 aromatic heterocycles. The van der Waals surface area contributed by atoms with Crippen molar-refractivity contribution in [3.05, 3.63) is 53.9 Å². The lowest BCUT2D eigenvalue weighted by Crippen LogP contribution is -2.21. The number of imidazole rings is 1. The Hall–Kier alpha value is -3.64. The van der Waals surface area contributed by atoms with Crippen molar-refractivity contribution in [1.29, 1.82) is 5.41 Å². The Morgan fingerprint density at radius 2 is 1.92 bits per heavy atom. The van der Waals surface area contributed by atoms with Crippen LogP contribution in [0.1, 0.15) is 24.7 Å². The third-order valence-corrected chi connectivity index (χ3v) is 6.62. The molecule has 12 heteroatoms. The van der Waals surface area contributed by atoms with Gasteiger partial charge in [-0.25, -0.2) is 13.4 Å². The van der Waals surface area contributed by atoms with Crippen LogP contribution < -0.4 is 15.2 Å². The Morgan fingerprint density at radius 3 is 2.56 bits per heavy atom. The summed E-state index contributed by atoms with van der Waals surface area (Å²) in [5.74, 6) is 0.555. The Labute approximate surface area is 210 Å². The van der Waals surface area contributed by atoms with Gasteiger partial charge in [-0.2, -0.15) is 0 Å². The Kier molecular flexibility index (Phi) is 8.88. The summed E-state index contributed by atoms with van der Waals surface area (Å²) in [4.78, 5) is 18.8. The number of fused-ring (bicyclic) bond motifs is 1. The molecule has 0 saturated carbocycles. The number of aromatic nitrogens is 2. The van der Waals surface area contributed by atoms with Crippen LogP contribution in [0.2, 0.25) is 0 Å². The first-order valence-electron chi connectivity index (χ1n) is 11.4. The number of nitrogens with one attached hydrogen (secondary N) is 2. The molecular weight excluding hydrogens is 484 g/mol. The van der Waals surface area contributed by atoms with E-state index in [1.807, 2.05) is 19.0 Å². The number of anilines is 1. The van der Waals surface area contributed by atoms with Crippen molar-refractivity contribution in [2.45, 2.75) is 26.5 Å². The third kappa shape index (κ3) is 7.43. The summed E-state index contributed by atoms with van der Waals surface area (Å²) < 4.78 is 40.2. The van der Waals surface area contributed by atoms with Gasteiger partial charge in [0, 0.05) is 5.56 Å².